The third-order valence-corrected chi connectivity index (χ3v) is 2.97. The first-order valence-electron chi connectivity index (χ1n) is 6.17. The fourth-order valence-electron chi connectivity index (χ4n) is 1.91. The highest BCUT2D eigenvalue weighted by atomic mass is 16.7. The first-order valence-corrected chi connectivity index (χ1v) is 6.17. The van der Waals surface area contributed by atoms with Gasteiger partial charge in [-0.2, -0.15) is 0 Å². The van der Waals surface area contributed by atoms with Crippen LogP contribution in [0.5, 0.6) is 0 Å². The zero-order chi connectivity index (χ0) is 14.0. The molecule has 104 valence electrons. The van der Waals surface area contributed by atoms with E-state index < -0.39 is 5.79 Å². The molecule has 0 amide bonds. The van der Waals surface area contributed by atoms with Crippen molar-refractivity contribution in [2.45, 2.75) is 32.6 Å². The number of nitro benzene ring substituents is 1. The Labute approximate surface area is 111 Å². The molecule has 0 atom stereocenters. The van der Waals surface area contributed by atoms with Gasteiger partial charge < -0.3 is 14.8 Å². The first kappa shape index (κ1) is 13.8. The lowest BCUT2D eigenvalue weighted by molar-refractivity contribution is -0.384. The predicted octanol–water partition coefficient (Wildman–Crippen LogP) is 2.47. The largest absolute Gasteiger partial charge is 0.372 e. The van der Waals surface area contributed by atoms with Crippen LogP contribution in [0.15, 0.2) is 18.2 Å². The molecule has 0 unspecified atom stereocenters. The number of hydrogen-bond acceptors (Lipinski definition) is 5. The van der Waals surface area contributed by atoms with Crippen molar-refractivity contribution in [3.63, 3.8) is 0 Å². The summed E-state index contributed by atoms with van der Waals surface area (Å²) in [5, 5.41) is 14.1. The smallest absolute Gasteiger partial charge is 0.292 e. The number of aryl methyl sites for hydroxylation is 1. The van der Waals surface area contributed by atoms with Crippen LogP contribution in [0.3, 0.4) is 0 Å². The zero-order valence-corrected chi connectivity index (χ0v) is 11.3. The number of nitrogens with zero attached hydrogens (tertiary/aromatic N) is 1. The fourth-order valence-corrected chi connectivity index (χ4v) is 1.91. The maximum absolute atomic E-state index is 11.0. The van der Waals surface area contributed by atoms with Gasteiger partial charge in [-0.3, -0.25) is 10.1 Å². The molecule has 1 aliphatic rings. The summed E-state index contributed by atoms with van der Waals surface area (Å²) in [7, 11) is 0. The molecular formula is C13H18N2O4. The van der Waals surface area contributed by atoms with Gasteiger partial charge in [-0.25, -0.2) is 0 Å². The minimum Gasteiger partial charge on any atom is -0.372 e. The molecule has 6 heteroatoms. The summed E-state index contributed by atoms with van der Waals surface area (Å²) in [5.41, 5.74) is 1.42. The van der Waals surface area contributed by atoms with Crippen molar-refractivity contribution in [1.82, 2.24) is 0 Å². The third kappa shape index (κ3) is 3.42. The molecule has 0 bridgehead atoms. The number of ether oxygens (including phenoxy) is 2. The van der Waals surface area contributed by atoms with Gasteiger partial charge in [0.25, 0.3) is 5.69 Å². The van der Waals surface area contributed by atoms with E-state index in [1.807, 2.05) is 26.8 Å². The van der Waals surface area contributed by atoms with Crippen LogP contribution in [0.2, 0.25) is 0 Å². The van der Waals surface area contributed by atoms with Gasteiger partial charge in [0.05, 0.1) is 24.2 Å². The SMILES string of the molecule is Cc1ccc(NC2COC(C)(C)OC2)c([N+](=O)[O-])c1. The van der Waals surface area contributed by atoms with Crippen LogP contribution < -0.4 is 5.32 Å². The van der Waals surface area contributed by atoms with Gasteiger partial charge in [0.15, 0.2) is 5.79 Å². The monoisotopic (exact) mass is 266 g/mol. The second-order valence-electron chi connectivity index (χ2n) is 5.14. The van der Waals surface area contributed by atoms with E-state index in [4.69, 9.17) is 9.47 Å². The molecule has 1 aromatic rings. The van der Waals surface area contributed by atoms with Gasteiger partial charge >= 0.3 is 0 Å². The van der Waals surface area contributed by atoms with Gasteiger partial charge in [-0.1, -0.05) is 6.07 Å². The van der Waals surface area contributed by atoms with E-state index in [0.29, 0.717) is 18.9 Å². The Morgan fingerprint density at radius 3 is 2.58 bits per heavy atom. The quantitative estimate of drug-likeness (QED) is 0.672. The highest BCUT2D eigenvalue weighted by molar-refractivity contribution is 5.63. The summed E-state index contributed by atoms with van der Waals surface area (Å²) in [5.74, 6) is -0.586. The van der Waals surface area contributed by atoms with E-state index in [1.54, 1.807) is 12.1 Å². The molecule has 1 fully saturated rings. The summed E-state index contributed by atoms with van der Waals surface area (Å²) in [4.78, 5) is 10.6. The summed E-state index contributed by atoms with van der Waals surface area (Å²) in [6, 6.07) is 5.02. The van der Waals surface area contributed by atoms with Crippen molar-refractivity contribution in [2.24, 2.45) is 0 Å². The molecule has 1 saturated heterocycles. The Morgan fingerprint density at radius 2 is 2.00 bits per heavy atom. The number of hydrogen-bond donors (Lipinski definition) is 1. The Morgan fingerprint density at radius 1 is 1.37 bits per heavy atom. The summed E-state index contributed by atoms with van der Waals surface area (Å²) < 4.78 is 11.0. The van der Waals surface area contributed by atoms with E-state index in [-0.39, 0.29) is 16.7 Å². The average Bonchev–Trinajstić information content (AvgIpc) is 2.33. The number of nitrogens with one attached hydrogen (secondary N) is 1. The number of nitro groups is 1. The van der Waals surface area contributed by atoms with Crippen molar-refractivity contribution in [2.75, 3.05) is 18.5 Å². The molecule has 0 aliphatic carbocycles. The van der Waals surface area contributed by atoms with Crippen LogP contribution in [0.1, 0.15) is 19.4 Å². The summed E-state index contributed by atoms with van der Waals surface area (Å²) >= 11 is 0. The lowest BCUT2D eigenvalue weighted by atomic mass is 10.1. The van der Waals surface area contributed by atoms with E-state index in [0.717, 1.165) is 5.56 Å². The van der Waals surface area contributed by atoms with Crippen LogP contribution in [-0.2, 0) is 9.47 Å². The predicted molar refractivity (Wildman–Crippen MR) is 71.2 cm³/mol. The third-order valence-electron chi connectivity index (χ3n) is 2.97. The highest BCUT2D eigenvalue weighted by Gasteiger charge is 2.29. The van der Waals surface area contributed by atoms with Crippen LogP contribution in [0.4, 0.5) is 11.4 Å². The first-order chi connectivity index (χ1) is 8.87. The summed E-state index contributed by atoms with van der Waals surface area (Å²) in [6.45, 7) is 6.43. The molecule has 0 radical (unpaired) electrons. The van der Waals surface area contributed by atoms with Gasteiger partial charge in [-0.15, -0.1) is 0 Å². The topological polar surface area (TPSA) is 73.6 Å². The molecule has 0 saturated carbocycles. The van der Waals surface area contributed by atoms with Crippen LogP contribution >= 0.6 is 0 Å². The molecule has 1 N–H and O–H groups in total. The minimum absolute atomic E-state index is 0.0739. The minimum atomic E-state index is -0.586. The van der Waals surface area contributed by atoms with E-state index in [1.165, 1.54) is 0 Å². The molecular weight excluding hydrogens is 248 g/mol. The van der Waals surface area contributed by atoms with Crippen LogP contribution in [-0.4, -0.2) is 30.0 Å². The average molecular weight is 266 g/mol. The Hall–Kier alpha value is -1.66. The molecule has 19 heavy (non-hydrogen) atoms. The van der Waals surface area contributed by atoms with Gasteiger partial charge in [-0.05, 0) is 32.4 Å². The fraction of sp³-hybridized carbons (Fsp3) is 0.538. The molecule has 0 spiro atoms. The van der Waals surface area contributed by atoms with Crippen molar-refractivity contribution in [1.29, 1.82) is 0 Å². The molecule has 6 nitrogen and oxygen atoms in total. The lowest BCUT2D eigenvalue weighted by Gasteiger charge is -2.35. The number of benzene rings is 1. The second-order valence-corrected chi connectivity index (χ2v) is 5.14. The lowest BCUT2D eigenvalue weighted by Crippen LogP contribution is -2.45. The Bertz CT molecular complexity index is 478. The zero-order valence-electron chi connectivity index (χ0n) is 11.3. The van der Waals surface area contributed by atoms with E-state index in [2.05, 4.69) is 5.32 Å². The van der Waals surface area contributed by atoms with Gasteiger partial charge in [0, 0.05) is 6.07 Å². The van der Waals surface area contributed by atoms with E-state index in [9.17, 15) is 10.1 Å². The number of rotatable bonds is 3. The van der Waals surface area contributed by atoms with Gasteiger partial charge in [0.2, 0.25) is 0 Å². The van der Waals surface area contributed by atoms with E-state index >= 15 is 0 Å². The summed E-state index contributed by atoms with van der Waals surface area (Å²) in [6.07, 6.45) is 0. The molecule has 1 heterocycles. The van der Waals surface area contributed by atoms with Crippen molar-refractivity contribution in [3.05, 3.63) is 33.9 Å². The molecule has 1 aromatic carbocycles. The maximum atomic E-state index is 11.0. The molecule has 0 aromatic heterocycles. The van der Waals surface area contributed by atoms with Crippen molar-refractivity contribution >= 4 is 11.4 Å². The van der Waals surface area contributed by atoms with Crippen molar-refractivity contribution < 1.29 is 14.4 Å². The Balaban J connectivity index is 2.10. The van der Waals surface area contributed by atoms with Crippen LogP contribution in [0.25, 0.3) is 0 Å². The number of anilines is 1. The standard InChI is InChI=1S/C13H18N2O4/c1-9-4-5-11(12(6-9)15(16)17)14-10-7-18-13(2,3)19-8-10/h4-6,10,14H,7-8H2,1-3H3. The molecule has 2 rings (SSSR count). The normalized spacial score (nSPS) is 19.1. The maximum Gasteiger partial charge on any atom is 0.292 e. The van der Waals surface area contributed by atoms with Gasteiger partial charge in [0.1, 0.15) is 5.69 Å². The highest BCUT2D eigenvalue weighted by Crippen LogP contribution is 2.27. The molecule has 1 aliphatic heterocycles. The van der Waals surface area contributed by atoms with Crippen molar-refractivity contribution in [3.8, 4) is 0 Å². The Kier molecular flexibility index (Phi) is 3.73. The second kappa shape index (κ2) is 5.14. The van der Waals surface area contributed by atoms with Crippen LogP contribution in [0, 0.1) is 17.0 Å².